The minimum atomic E-state index is -0.0234. The van der Waals surface area contributed by atoms with Crippen LogP contribution in [0, 0.1) is 0 Å². The minimum absolute atomic E-state index is 0.00530. The molecule has 8 aromatic carbocycles. The number of hydrogen-bond donors (Lipinski definition) is 0. The van der Waals surface area contributed by atoms with Crippen LogP contribution < -0.4 is 26.2 Å². The van der Waals surface area contributed by atoms with Crippen LogP contribution >= 0.6 is 0 Å². The number of nitrogens with zero attached hydrogens (tertiary/aromatic N) is 2. The van der Waals surface area contributed by atoms with E-state index in [1.165, 1.54) is 83.6 Å². The van der Waals surface area contributed by atoms with Crippen molar-refractivity contribution in [3.05, 3.63) is 199 Å². The second kappa shape index (κ2) is 14.1. The number of hydrogen-bond acceptors (Lipinski definition) is 2. The standard InChI is InChI=1S/C56H49BN2/c1-55(2,3)44-25-30-47(31-26-44)59-51-33-27-45(56(4,5)6)37-49(51)57-48-34-42(39-18-12-8-13-19-39)24-32-50(48)58(46-28-22-41(23-29-46)38-16-10-7-11-17-38)52-35-43(36-53(59)54(52)57)40-20-14-9-15-21-40/h7-37H,1-6H3. The lowest BCUT2D eigenvalue weighted by Gasteiger charge is -2.45. The van der Waals surface area contributed by atoms with Gasteiger partial charge in [-0.05, 0) is 120 Å². The van der Waals surface area contributed by atoms with Gasteiger partial charge in [0.1, 0.15) is 0 Å². The molecule has 0 atom stereocenters. The molecule has 8 aromatic rings. The predicted molar refractivity (Wildman–Crippen MR) is 254 cm³/mol. The van der Waals surface area contributed by atoms with E-state index in [0.29, 0.717) is 0 Å². The van der Waals surface area contributed by atoms with Crippen molar-refractivity contribution in [2.24, 2.45) is 0 Å². The zero-order valence-corrected chi connectivity index (χ0v) is 34.9. The molecule has 286 valence electrons. The van der Waals surface area contributed by atoms with Crippen LogP contribution in [0.3, 0.4) is 0 Å². The van der Waals surface area contributed by atoms with Crippen LogP contribution in [-0.4, -0.2) is 6.71 Å². The lowest BCUT2D eigenvalue weighted by molar-refractivity contribution is 0.590. The normalized spacial score (nSPS) is 13.2. The summed E-state index contributed by atoms with van der Waals surface area (Å²) in [6.45, 7) is 13.9. The van der Waals surface area contributed by atoms with Crippen LogP contribution in [0.1, 0.15) is 52.7 Å². The van der Waals surface area contributed by atoms with Gasteiger partial charge in [0, 0.05) is 34.1 Å². The largest absolute Gasteiger partial charge is 0.311 e. The number of anilines is 6. The molecule has 0 saturated heterocycles. The third kappa shape index (κ3) is 6.46. The Labute approximate surface area is 350 Å². The maximum atomic E-state index is 2.54. The molecule has 0 aromatic heterocycles. The molecule has 0 bridgehead atoms. The zero-order valence-electron chi connectivity index (χ0n) is 34.9. The minimum Gasteiger partial charge on any atom is -0.311 e. The molecule has 0 saturated carbocycles. The molecule has 10 rings (SSSR count). The van der Waals surface area contributed by atoms with Crippen molar-refractivity contribution in [2.45, 2.75) is 52.4 Å². The van der Waals surface area contributed by atoms with Crippen LogP contribution in [0.2, 0.25) is 0 Å². The first-order valence-electron chi connectivity index (χ1n) is 21.0. The summed E-state index contributed by atoms with van der Waals surface area (Å²) in [5.74, 6) is 0. The van der Waals surface area contributed by atoms with E-state index >= 15 is 0 Å². The van der Waals surface area contributed by atoms with Crippen molar-refractivity contribution in [3.8, 4) is 33.4 Å². The summed E-state index contributed by atoms with van der Waals surface area (Å²) in [6.07, 6.45) is 0. The fourth-order valence-corrected chi connectivity index (χ4v) is 9.18. The molecule has 2 nitrogen and oxygen atoms in total. The van der Waals surface area contributed by atoms with Gasteiger partial charge in [-0.3, -0.25) is 0 Å². The van der Waals surface area contributed by atoms with E-state index in [2.05, 4.69) is 239 Å². The van der Waals surface area contributed by atoms with Crippen molar-refractivity contribution in [1.82, 2.24) is 0 Å². The molecule has 0 aliphatic carbocycles. The Morgan fingerprint density at radius 3 is 1.22 bits per heavy atom. The first kappa shape index (κ1) is 36.7. The molecule has 2 heterocycles. The highest BCUT2D eigenvalue weighted by Crippen LogP contribution is 2.47. The first-order valence-corrected chi connectivity index (χ1v) is 21.0. The highest BCUT2D eigenvalue weighted by molar-refractivity contribution is 7.00. The molecule has 3 heteroatoms. The van der Waals surface area contributed by atoms with Gasteiger partial charge >= 0.3 is 0 Å². The number of fused-ring (bicyclic) bond motifs is 4. The van der Waals surface area contributed by atoms with Gasteiger partial charge in [0.15, 0.2) is 0 Å². The summed E-state index contributed by atoms with van der Waals surface area (Å²) in [5, 5.41) is 0. The molecule has 2 aliphatic rings. The topological polar surface area (TPSA) is 6.48 Å². The Morgan fingerprint density at radius 2 is 0.712 bits per heavy atom. The van der Waals surface area contributed by atoms with E-state index in [1.54, 1.807) is 0 Å². The quantitative estimate of drug-likeness (QED) is 0.161. The predicted octanol–water partition coefficient (Wildman–Crippen LogP) is 13.4. The van der Waals surface area contributed by atoms with Gasteiger partial charge in [0.05, 0.1) is 0 Å². The molecular formula is C56H49BN2. The van der Waals surface area contributed by atoms with E-state index in [9.17, 15) is 0 Å². The van der Waals surface area contributed by atoms with Gasteiger partial charge in [0.2, 0.25) is 0 Å². The average molecular weight is 761 g/mol. The van der Waals surface area contributed by atoms with E-state index in [4.69, 9.17) is 0 Å². The van der Waals surface area contributed by atoms with Gasteiger partial charge in [-0.15, -0.1) is 0 Å². The summed E-state index contributed by atoms with van der Waals surface area (Å²) in [7, 11) is 0. The molecule has 0 unspecified atom stereocenters. The molecule has 0 radical (unpaired) electrons. The van der Waals surface area contributed by atoms with Gasteiger partial charge in [-0.25, -0.2) is 0 Å². The van der Waals surface area contributed by atoms with Crippen LogP contribution in [-0.2, 0) is 10.8 Å². The monoisotopic (exact) mass is 760 g/mol. The fourth-order valence-electron chi connectivity index (χ4n) is 9.18. The van der Waals surface area contributed by atoms with E-state index < -0.39 is 0 Å². The Bertz CT molecular complexity index is 2810. The SMILES string of the molecule is CC(C)(C)c1ccc(N2c3ccc(C(C)(C)C)cc3B3c4cc(-c5ccccc5)ccc4N(c4ccc(-c5ccccc5)cc4)c4cc(-c5ccccc5)cc2c43)cc1. The molecular weight excluding hydrogens is 711 g/mol. The highest BCUT2D eigenvalue weighted by atomic mass is 15.2. The van der Waals surface area contributed by atoms with Crippen molar-refractivity contribution < 1.29 is 0 Å². The first-order chi connectivity index (χ1) is 28.5. The molecule has 0 spiro atoms. The lowest BCUT2D eigenvalue weighted by atomic mass is 9.33. The lowest BCUT2D eigenvalue weighted by Crippen LogP contribution is -2.61. The third-order valence-corrected chi connectivity index (χ3v) is 12.4. The Hall–Kier alpha value is -6.58. The smallest absolute Gasteiger partial charge is 0.252 e. The van der Waals surface area contributed by atoms with Gasteiger partial charge < -0.3 is 9.80 Å². The fraction of sp³-hybridized carbons (Fsp3) is 0.143. The Kier molecular flexibility index (Phi) is 8.76. The van der Waals surface area contributed by atoms with Gasteiger partial charge in [0.25, 0.3) is 6.71 Å². The maximum absolute atomic E-state index is 2.54. The van der Waals surface area contributed by atoms with E-state index in [1.807, 2.05) is 0 Å². The van der Waals surface area contributed by atoms with Crippen molar-refractivity contribution in [1.29, 1.82) is 0 Å². The maximum Gasteiger partial charge on any atom is 0.252 e. The molecule has 2 aliphatic heterocycles. The summed E-state index contributed by atoms with van der Waals surface area (Å²) < 4.78 is 0. The second-order valence-electron chi connectivity index (χ2n) is 18.3. The van der Waals surface area contributed by atoms with Gasteiger partial charge in [-0.2, -0.15) is 0 Å². The van der Waals surface area contributed by atoms with Crippen LogP contribution in [0.5, 0.6) is 0 Å². The van der Waals surface area contributed by atoms with Crippen LogP contribution in [0.25, 0.3) is 33.4 Å². The summed E-state index contributed by atoms with van der Waals surface area (Å²) in [4.78, 5) is 5.07. The summed E-state index contributed by atoms with van der Waals surface area (Å²) in [5.41, 5.74) is 21.1. The summed E-state index contributed by atoms with van der Waals surface area (Å²) in [6, 6.07) is 70.1. The molecule has 59 heavy (non-hydrogen) atoms. The van der Waals surface area contributed by atoms with Crippen LogP contribution in [0.15, 0.2) is 188 Å². The van der Waals surface area contributed by atoms with Gasteiger partial charge in [-0.1, -0.05) is 181 Å². The van der Waals surface area contributed by atoms with Crippen molar-refractivity contribution in [2.75, 3.05) is 9.80 Å². The zero-order chi connectivity index (χ0) is 40.5. The third-order valence-electron chi connectivity index (χ3n) is 12.4. The average Bonchev–Trinajstić information content (AvgIpc) is 3.26. The Morgan fingerprint density at radius 1 is 0.322 bits per heavy atom. The molecule has 0 fully saturated rings. The summed E-state index contributed by atoms with van der Waals surface area (Å²) >= 11 is 0. The Balaban J connectivity index is 1.29. The van der Waals surface area contributed by atoms with Crippen LogP contribution in [0.4, 0.5) is 34.1 Å². The van der Waals surface area contributed by atoms with E-state index in [0.717, 1.165) is 11.4 Å². The van der Waals surface area contributed by atoms with Crippen molar-refractivity contribution >= 4 is 57.2 Å². The molecule has 0 amide bonds. The second-order valence-corrected chi connectivity index (χ2v) is 18.3. The highest BCUT2D eigenvalue weighted by Gasteiger charge is 2.44. The number of rotatable bonds is 5. The number of benzene rings is 8. The van der Waals surface area contributed by atoms with E-state index in [-0.39, 0.29) is 17.5 Å². The van der Waals surface area contributed by atoms with Crippen molar-refractivity contribution in [3.63, 3.8) is 0 Å². The molecule has 0 N–H and O–H groups in total.